The molecule has 1 aliphatic carbocycles. The van der Waals surface area contributed by atoms with E-state index in [-0.39, 0.29) is 0 Å². The Morgan fingerprint density at radius 3 is 3.07 bits per heavy atom. The summed E-state index contributed by atoms with van der Waals surface area (Å²) in [4.78, 5) is 0. The number of allylic oxidation sites excluding steroid dienone is 4. The lowest BCUT2D eigenvalue weighted by atomic mass is 10.0. The molecule has 1 heterocycles. The summed E-state index contributed by atoms with van der Waals surface area (Å²) in [6.45, 7) is 0.926. The second-order valence-corrected chi connectivity index (χ2v) is 3.93. The Morgan fingerprint density at radius 1 is 1.13 bits per heavy atom. The summed E-state index contributed by atoms with van der Waals surface area (Å²) in [7, 11) is 0. The molecule has 15 heavy (non-hydrogen) atoms. The summed E-state index contributed by atoms with van der Waals surface area (Å²) in [5.41, 5.74) is 5.38. The van der Waals surface area contributed by atoms with Gasteiger partial charge in [-0.25, -0.2) is 0 Å². The SMILES string of the molecule is C1=CCC2=Cc3ccccc3CNC2=C1. The minimum Gasteiger partial charge on any atom is -0.381 e. The molecule has 1 aromatic rings. The summed E-state index contributed by atoms with van der Waals surface area (Å²) >= 11 is 0. The van der Waals surface area contributed by atoms with Crippen molar-refractivity contribution in [2.24, 2.45) is 0 Å². The van der Waals surface area contributed by atoms with Crippen LogP contribution in [0.5, 0.6) is 0 Å². The average Bonchev–Trinajstić information content (AvgIpc) is 2.48. The third-order valence-corrected chi connectivity index (χ3v) is 2.94. The van der Waals surface area contributed by atoms with Gasteiger partial charge in [-0.05, 0) is 35.3 Å². The molecule has 1 N–H and O–H groups in total. The summed E-state index contributed by atoms with van der Waals surface area (Å²) in [5, 5.41) is 3.48. The van der Waals surface area contributed by atoms with E-state index < -0.39 is 0 Å². The van der Waals surface area contributed by atoms with Gasteiger partial charge in [-0.2, -0.15) is 0 Å². The molecule has 0 radical (unpaired) electrons. The largest absolute Gasteiger partial charge is 0.381 e. The molecule has 0 aromatic heterocycles. The van der Waals surface area contributed by atoms with Crippen molar-refractivity contribution in [3.8, 4) is 0 Å². The Labute approximate surface area is 89.8 Å². The molecule has 1 aromatic carbocycles. The number of rotatable bonds is 0. The van der Waals surface area contributed by atoms with Crippen molar-refractivity contribution in [1.82, 2.24) is 5.32 Å². The van der Waals surface area contributed by atoms with Gasteiger partial charge in [0.05, 0.1) is 0 Å². The zero-order chi connectivity index (χ0) is 10.1. The molecule has 0 spiro atoms. The van der Waals surface area contributed by atoms with Crippen LogP contribution in [0.3, 0.4) is 0 Å². The number of hydrogen-bond acceptors (Lipinski definition) is 1. The van der Waals surface area contributed by atoms with Crippen molar-refractivity contribution in [2.75, 3.05) is 0 Å². The molecule has 1 heteroatoms. The summed E-state index contributed by atoms with van der Waals surface area (Å²) < 4.78 is 0. The normalized spacial score (nSPS) is 17.9. The number of fused-ring (bicyclic) bond motifs is 2. The fraction of sp³-hybridized carbons (Fsp3) is 0.143. The molecular formula is C14H13N. The maximum Gasteiger partial charge on any atom is 0.0406 e. The first kappa shape index (κ1) is 8.54. The predicted molar refractivity (Wildman–Crippen MR) is 63.1 cm³/mol. The molecule has 2 aliphatic rings. The Kier molecular flexibility index (Phi) is 1.95. The first-order valence-corrected chi connectivity index (χ1v) is 5.33. The topological polar surface area (TPSA) is 12.0 Å². The summed E-state index contributed by atoms with van der Waals surface area (Å²) in [6.07, 6.45) is 9.81. The molecule has 0 saturated carbocycles. The highest BCUT2D eigenvalue weighted by Crippen LogP contribution is 2.25. The van der Waals surface area contributed by atoms with Gasteiger partial charge in [0.15, 0.2) is 0 Å². The van der Waals surface area contributed by atoms with Gasteiger partial charge in [0.25, 0.3) is 0 Å². The van der Waals surface area contributed by atoms with E-state index in [4.69, 9.17) is 0 Å². The zero-order valence-electron chi connectivity index (χ0n) is 8.53. The van der Waals surface area contributed by atoms with E-state index in [1.165, 1.54) is 22.4 Å². The lowest BCUT2D eigenvalue weighted by Gasteiger charge is -2.12. The Hall–Kier alpha value is -1.76. The van der Waals surface area contributed by atoms with E-state index in [0.29, 0.717) is 0 Å². The summed E-state index contributed by atoms with van der Waals surface area (Å²) in [6, 6.07) is 8.57. The number of nitrogens with one attached hydrogen (secondary N) is 1. The first-order chi connectivity index (χ1) is 7.43. The average molecular weight is 195 g/mol. The molecule has 3 rings (SSSR count). The van der Waals surface area contributed by atoms with E-state index in [0.717, 1.165) is 13.0 Å². The highest BCUT2D eigenvalue weighted by Gasteiger charge is 2.12. The van der Waals surface area contributed by atoms with Gasteiger partial charge in [0, 0.05) is 12.2 Å². The van der Waals surface area contributed by atoms with Crippen LogP contribution in [0.25, 0.3) is 6.08 Å². The second-order valence-electron chi connectivity index (χ2n) is 3.93. The van der Waals surface area contributed by atoms with Crippen LogP contribution in [-0.4, -0.2) is 0 Å². The van der Waals surface area contributed by atoms with Crippen LogP contribution in [0.15, 0.2) is 53.8 Å². The molecular weight excluding hydrogens is 182 g/mol. The van der Waals surface area contributed by atoms with Crippen molar-refractivity contribution >= 4 is 6.08 Å². The molecule has 0 unspecified atom stereocenters. The molecule has 1 nitrogen and oxygen atoms in total. The van der Waals surface area contributed by atoms with Gasteiger partial charge < -0.3 is 5.32 Å². The number of hydrogen-bond donors (Lipinski definition) is 1. The van der Waals surface area contributed by atoms with Crippen molar-refractivity contribution in [1.29, 1.82) is 0 Å². The fourth-order valence-electron chi connectivity index (χ4n) is 2.10. The summed E-state index contributed by atoms with van der Waals surface area (Å²) in [5.74, 6) is 0. The Balaban J connectivity index is 2.11. The molecule has 0 bridgehead atoms. The standard InChI is InChI=1S/C14H13N/c1-2-7-13-10-15-14-8-4-3-6-12(14)9-11(13)5-1/h1-5,7-9,15H,6,10H2. The van der Waals surface area contributed by atoms with Crippen LogP contribution in [0, 0.1) is 0 Å². The van der Waals surface area contributed by atoms with Gasteiger partial charge in [-0.15, -0.1) is 0 Å². The monoisotopic (exact) mass is 195 g/mol. The lowest BCUT2D eigenvalue weighted by Crippen LogP contribution is -2.13. The Bertz CT molecular complexity index is 478. The zero-order valence-corrected chi connectivity index (χ0v) is 8.53. The molecule has 0 amide bonds. The molecule has 74 valence electrons. The highest BCUT2D eigenvalue weighted by molar-refractivity contribution is 5.64. The molecule has 0 atom stereocenters. The van der Waals surface area contributed by atoms with Crippen LogP contribution >= 0.6 is 0 Å². The van der Waals surface area contributed by atoms with Crippen LogP contribution in [-0.2, 0) is 6.54 Å². The minimum absolute atomic E-state index is 0.926. The first-order valence-electron chi connectivity index (χ1n) is 5.33. The van der Waals surface area contributed by atoms with E-state index in [1.54, 1.807) is 0 Å². The smallest absolute Gasteiger partial charge is 0.0406 e. The van der Waals surface area contributed by atoms with Crippen molar-refractivity contribution < 1.29 is 0 Å². The van der Waals surface area contributed by atoms with Crippen LogP contribution in [0.4, 0.5) is 0 Å². The fourth-order valence-corrected chi connectivity index (χ4v) is 2.10. The Morgan fingerprint density at radius 2 is 2.07 bits per heavy atom. The molecule has 1 aliphatic heterocycles. The van der Waals surface area contributed by atoms with Crippen molar-refractivity contribution in [3.05, 3.63) is 64.9 Å². The number of benzene rings is 1. The lowest BCUT2D eigenvalue weighted by molar-refractivity contribution is 0.818. The third kappa shape index (κ3) is 1.50. The van der Waals surface area contributed by atoms with Crippen LogP contribution < -0.4 is 5.32 Å². The van der Waals surface area contributed by atoms with E-state index in [2.05, 4.69) is 53.9 Å². The van der Waals surface area contributed by atoms with E-state index in [9.17, 15) is 0 Å². The minimum atomic E-state index is 0.926. The van der Waals surface area contributed by atoms with Crippen LogP contribution in [0.1, 0.15) is 17.5 Å². The predicted octanol–water partition coefficient (Wildman–Crippen LogP) is 3.02. The third-order valence-electron chi connectivity index (χ3n) is 2.94. The quantitative estimate of drug-likeness (QED) is 0.671. The highest BCUT2D eigenvalue weighted by atomic mass is 14.9. The van der Waals surface area contributed by atoms with Gasteiger partial charge in [0.2, 0.25) is 0 Å². The van der Waals surface area contributed by atoms with Crippen molar-refractivity contribution in [2.45, 2.75) is 13.0 Å². The van der Waals surface area contributed by atoms with E-state index in [1.807, 2.05) is 0 Å². The molecule has 0 fully saturated rings. The van der Waals surface area contributed by atoms with Crippen LogP contribution in [0.2, 0.25) is 0 Å². The van der Waals surface area contributed by atoms with E-state index >= 15 is 0 Å². The molecule has 0 saturated heterocycles. The second kappa shape index (κ2) is 3.43. The van der Waals surface area contributed by atoms with Gasteiger partial charge >= 0.3 is 0 Å². The maximum absolute atomic E-state index is 3.48. The maximum atomic E-state index is 3.48. The van der Waals surface area contributed by atoms with Gasteiger partial charge in [0.1, 0.15) is 0 Å². The van der Waals surface area contributed by atoms with Gasteiger partial charge in [-0.3, -0.25) is 0 Å². The van der Waals surface area contributed by atoms with Gasteiger partial charge in [-0.1, -0.05) is 36.4 Å². The van der Waals surface area contributed by atoms with Crippen molar-refractivity contribution in [3.63, 3.8) is 0 Å².